The molecule has 1 unspecified atom stereocenters. The predicted molar refractivity (Wildman–Crippen MR) is 115 cm³/mol. The number of amides is 1. The largest absolute Gasteiger partial charge is 0.380 e. The lowest BCUT2D eigenvalue weighted by atomic mass is 10.2. The van der Waals surface area contributed by atoms with Crippen LogP contribution in [-0.2, 0) is 6.42 Å². The maximum absolute atomic E-state index is 13.0. The molecule has 0 saturated carbocycles. The second-order valence-electron chi connectivity index (χ2n) is 6.93. The second-order valence-corrected chi connectivity index (χ2v) is 7.75. The number of anilines is 1. The van der Waals surface area contributed by atoms with E-state index in [1.54, 1.807) is 27.8 Å². The second kappa shape index (κ2) is 8.43. The molecule has 29 heavy (non-hydrogen) atoms. The van der Waals surface area contributed by atoms with Crippen LogP contribution in [0.4, 0.5) is 5.69 Å². The fraction of sp³-hybridized carbons (Fsp3) is 0.286. The molecule has 2 aromatic carbocycles. The van der Waals surface area contributed by atoms with Crippen molar-refractivity contribution >= 4 is 34.8 Å². The summed E-state index contributed by atoms with van der Waals surface area (Å²) in [5.41, 5.74) is 1.60. The number of hydrogen-bond acceptors (Lipinski definition) is 4. The van der Waals surface area contributed by atoms with Gasteiger partial charge in [-0.05, 0) is 30.7 Å². The summed E-state index contributed by atoms with van der Waals surface area (Å²) >= 11 is 12.7. The average Bonchev–Trinajstić information content (AvgIpc) is 3.35. The Hall–Kier alpha value is -2.57. The first-order valence-corrected chi connectivity index (χ1v) is 10.3. The van der Waals surface area contributed by atoms with Gasteiger partial charge in [0, 0.05) is 31.2 Å². The third-order valence-corrected chi connectivity index (χ3v) is 5.56. The lowest BCUT2D eigenvalue weighted by Gasteiger charge is -2.16. The normalized spacial score (nSPS) is 16.2. The number of halogens is 2. The Labute approximate surface area is 179 Å². The quantitative estimate of drug-likeness (QED) is 0.649. The number of para-hydroxylation sites is 2. The number of nitrogens with zero attached hydrogens (tertiary/aromatic N) is 4. The van der Waals surface area contributed by atoms with E-state index >= 15 is 0 Å². The Morgan fingerprint density at radius 2 is 1.86 bits per heavy atom. The van der Waals surface area contributed by atoms with E-state index in [9.17, 15) is 4.79 Å². The molecule has 1 atom stereocenters. The van der Waals surface area contributed by atoms with Crippen molar-refractivity contribution in [2.45, 2.75) is 25.8 Å². The van der Waals surface area contributed by atoms with Crippen LogP contribution in [-0.4, -0.2) is 44.7 Å². The van der Waals surface area contributed by atoms with Crippen LogP contribution in [0.25, 0.3) is 5.69 Å². The number of carbonyl (C=O) groups is 1. The third kappa shape index (κ3) is 4.09. The smallest absolute Gasteiger partial charge is 0.293 e. The van der Waals surface area contributed by atoms with Crippen LogP contribution >= 0.6 is 23.2 Å². The Bertz CT molecular complexity index is 1000. The molecule has 1 aliphatic rings. The molecule has 2 heterocycles. The van der Waals surface area contributed by atoms with Crippen molar-refractivity contribution in [1.82, 2.24) is 19.7 Å². The maximum atomic E-state index is 13.0. The number of aryl methyl sites for hydroxylation is 1. The van der Waals surface area contributed by atoms with Gasteiger partial charge in [0.25, 0.3) is 5.91 Å². The summed E-state index contributed by atoms with van der Waals surface area (Å²) in [6.45, 7) is 3.22. The van der Waals surface area contributed by atoms with Crippen molar-refractivity contribution in [1.29, 1.82) is 0 Å². The topological polar surface area (TPSA) is 63.1 Å². The summed E-state index contributed by atoms with van der Waals surface area (Å²) in [5, 5.41) is 8.85. The zero-order valence-electron chi connectivity index (χ0n) is 16.0. The first-order chi connectivity index (χ1) is 14.1. The van der Waals surface area contributed by atoms with E-state index in [-0.39, 0.29) is 17.8 Å². The van der Waals surface area contributed by atoms with Crippen LogP contribution in [0.5, 0.6) is 0 Å². The van der Waals surface area contributed by atoms with Gasteiger partial charge < -0.3 is 10.2 Å². The van der Waals surface area contributed by atoms with Gasteiger partial charge in [0.1, 0.15) is 11.5 Å². The number of benzene rings is 2. The molecule has 4 rings (SSSR count). The van der Waals surface area contributed by atoms with Crippen LogP contribution in [0, 0.1) is 0 Å². The van der Waals surface area contributed by atoms with Gasteiger partial charge in [-0.3, -0.25) is 4.79 Å². The number of aromatic nitrogens is 3. The highest BCUT2D eigenvalue weighted by atomic mass is 35.5. The van der Waals surface area contributed by atoms with Crippen molar-refractivity contribution < 1.29 is 4.79 Å². The van der Waals surface area contributed by atoms with Crippen LogP contribution in [0.15, 0.2) is 48.5 Å². The SMILES string of the molecule is CCc1nc(C(=O)N2CCC(Nc3ccccc3)C2)nn1-c1c(Cl)cccc1Cl. The molecule has 8 heteroatoms. The maximum Gasteiger partial charge on any atom is 0.293 e. The highest BCUT2D eigenvalue weighted by molar-refractivity contribution is 6.37. The molecule has 1 aliphatic heterocycles. The number of nitrogens with one attached hydrogen (secondary N) is 1. The zero-order valence-corrected chi connectivity index (χ0v) is 17.5. The number of hydrogen-bond donors (Lipinski definition) is 1. The minimum absolute atomic E-state index is 0.165. The van der Waals surface area contributed by atoms with Gasteiger partial charge in [0.2, 0.25) is 5.82 Å². The molecule has 1 fully saturated rings. The van der Waals surface area contributed by atoms with Crippen molar-refractivity contribution in [3.63, 3.8) is 0 Å². The van der Waals surface area contributed by atoms with E-state index in [0.717, 1.165) is 12.1 Å². The molecule has 0 spiro atoms. The minimum atomic E-state index is -0.181. The molecule has 1 N–H and O–H groups in total. The summed E-state index contributed by atoms with van der Waals surface area (Å²) in [4.78, 5) is 19.3. The highest BCUT2D eigenvalue weighted by Gasteiger charge is 2.30. The van der Waals surface area contributed by atoms with E-state index in [1.807, 2.05) is 37.3 Å². The molecule has 6 nitrogen and oxygen atoms in total. The Kier molecular flexibility index (Phi) is 5.74. The fourth-order valence-corrected chi connectivity index (χ4v) is 4.07. The highest BCUT2D eigenvalue weighted by Crippen LogP contribution is 2.29. The lowest BCUT2D eigenvalue weighted by molar-refractivity contribution is 0.0779. The molecule has 1 saturated heterocycles. The molecular weight excluding hydrogens is 409 g/mol. The Morgan fingerprint density at radius 3 is 2.55 bits per heavy atom. The first kappa shape index (κ1) is 19.7. The zero-order chi connectivity index (χ0) is 20.4. The van der Waals surface area contributed by atoms with Crippen molar-refractivity contribution in [2.24, 2.45) is 0 Å². The summed E-state index contributed by atoms with van der Waals surface area (Å²) < 4.78 is 1.58. The van der Waals surface area contributed by atoms with Crippen molar-refractivity contribution in [3.05, 3.63) is 70.2 Å². The van der Waals surface area contributed by atoms with Crippen LogP contribution in [0.2, 0.25) is 10.0 Å². The monoisotopic (exact) mass is 429 g/mol. The molecular formula is C21H21Cl2N5O. The fourth-order valence-electron chi connectivity index (χ4n) is 3.51. The van der Waals surface area contributed by atoms with Gasteiger partial charge in [0.15, 0.2) is 0 Å². The standard InChI is InChI=1S/C21H21Cl2N5O/c1-2-18-25-20(26-28(18)19-16(22)9-6-10-17(19)23)21(29)27-12-11-15(13-27)24-14-7-4-3-5-8-14/h3-10,15,24H,2,11-13H2,1H3. The van der Waals surface area contributed by atoms with Gasteiger partial charge in [-0.15, -0.1) is 5.10 Å². The van der Waals surface area contributed by atoms with E-state index in [0.29, 0.717) is 41.1 Å². The first-order valence-electron chi connectivity index (χ1n) is 9.58. The predicted octanol–water partition coefficient (Wildman–Crippen LogP) is 4.46. The van der Waals surface area contributed by atoms with Gasteiger partial charge in [-0.2, -0.15) is 0 Å². The molecule has 150 valence electrons. The number of likely N-dealkylation sites (tertiary alicyclic amines) is 1. The molecule has 0 bridgehead atoms. The minimum Gasteiger partial charge on any atom is -0.380 e. The Morgan fingerprint density at radius 1 is 1.14 bits per heavy atom. The van der Waals surface area contributed by atoms with Crippen LogP contribution in [0.3, 0.4) is 0 Å². The van der Waals surface area contributed by atoms with E-state index < -0.39 is 0 Å². The van der Waals surface area contributed by atoms with E-state index in [1.165, 1.54) is 0 Å². The summed E-state index contributed by atoms with van der Waals surface area (Å²) in [6.07, 6.45) is 1.47. The van der Waals surface area contributed by atoms with Gasteiger partial charge >= 0.3 is 0 Å². The van der Waals surface area contributed by atoms with E-state index in [4.69, 9.17) is 23.2 Å². The molecule has 3 aromatic rings. The lowest BCUT2D eigenvalue weighted by Crippen LogP contribution is -2.32. The average molecular weight is 430 g/mol. The summed E-state index contributed by atoms with van der Waals surface area (Å²) in [7, 11) is 0. The molecule has 1 amide bonds. The molecule has 0 radical (unpaired) electrons. The van der Waals surface area contributed by atoms with Crippen LogP contribution < -0.4 is 5.32 Å². The van der Waals surface area contributed by atoms with Crippen molar-refractivity contribution in [3.8, 4) is 5.69 Å². The molecule has 1 aromatic heterocycles. The van der Waals surface area contributed by atoms with Crippen molar-refractivity contribution in [2.75, 3.05) is 18.4 Å². The van der Waals surface area contributed by atoms with Gasteiger partial charge in [-0.25, -0.2) is 9.67 Å². The number of carbonyl (C=O) groups excluding carboxylic acids is 1. The van der Waals surface area contributed by atoms with Crippen LogP contribution in [0.1, 0.15) is 29.8 Å². The third-order valence-electron chi connectivity index (χ3n) is 4.95. The summed E-state index contributed by atoms with van der Waals surface area (Å²) in [6, 6.07) is 15.5. The van der Waals surface area contributed by atoms with Gasteiger partial charge in [-0.1, -0.05) is 54.4 Å². The van der Waals surface area contributed by atoms with E-state index in [2.05, 4.69) is 15.4 Å². The molecule has 0 aliphatic carbocycles. The number of rotatable bonds is 5. The van der Waals surface area contributed by atoms with Gasteiger partial charge in [0.05, 0.1) is 10.0 Å². The summed E-state index contributed by atoms with van der Waals surface area (Å²) in [5.74, 6) is 0.624. The Balaban J connectivity index is 1.53.